The molecule has 122 valence electrons. The number of carbonyl (C=O) groups is 1. The third-order valence-corrected chi connectivity index (χ3v) is 2.46. The molecule has 0 spiro atoms. The Labute approximate surface area is 134 Å². The molecule has 0 unspecified atom stereocenters. The zero-order valence-electron chi connectivity index (χ0n) is 14.2. The van der Waals surface area contributed by atoms with E-state index in [9.17, 15) is 4.79 Å². The van der Waals surface area contributed by atoms with Gasteiger partial charge in [0.05, 0.1) is 6.61 Å². The van der Waals surface area contributed by atoms with Gasteiger partial charge >= 0.3 is 5.97 Å². The van der Waals surface area contributed by atoms with Gasteiger partial charge in [-0.2, -0.15) is 0 Å². The fraction of sp³-hybridized carbons (Fsp3) is 0.421. The second kappa shape index (κ2) is 10.7. The second-order valence-corrected chi connectivity index (χ2v) is 5.71. The zero-order valence-corrected chi connectivity index (χ0v) is 14.2. The van der Waals surface area contributed by atoms with Gasteiger partial charge in [0.15, 0.2) is 0 Å². The molecule has 0 aromatic heterocycles. The number of hydrogen-bond donors (Lipinski definition) is 0. The Morgan fingerprint density at radius 1 is 1.18 bits per heavy atom. The Kier molecular flexibility index (Phi) is 9.68. The van der Waals surface area contributed by atoms with Gasteiger partial charge in [0.2, 0.25) is 0 Å². The number of ether oxygens (including phenoxy) is 2. The van der Waals surface area contributed by atoms with Crippen LogP contribution in [0.15, 0.2) is 43.5 Å². The zero-order chi connectivity index (χ0) is 17.0. The van der Waals surface area contributed by atoms with Crippen LogP contribution in [0.3, 0.4) is 0 Å². The first-order valence-electron chi connectivity index (χ1n) is 7.53. The smallest absolute Gasteiger partial charge is 0.330 e. The van der Waals surface area contributed by atoms with Gasteiger partial charge in [0, 0.05) is 6.08 Å². The van der Waals surface area contributed by atoms with E-state index in [2.05, 4.69) is 20.1 Å². The molecule has 0 N–H and O–H groups in total. The molecule has 0 fully saturated rings. The molecule has 0 saturated carbocycles. The summed E-state index contributed by atoms with van der Waals surface area (Å²) in [6.45, 7) is 15.4. The molecular weight excluding hydrogens is 276 g/mol. The SMILES string of the molecule is C=CC(=O)OC(C)(C)C.C=Cc1ccc(OCCCC)cc1. The van der Waals surface area contributed by atoms with Gasteiger partial charge in [-0.05, 0) is 44.9 Å². The van der Waals surface area contributed by atoms with E-state index in [0.29, 0.717) is 0 Å². The fourth-order valence-corrected chi connectivity index (χ4v) is 1.38. The molecule has 0 saturated heterocycles. The van der Waals surface area contributed by atoms with Gasteiger partial charge in [0.1, 0.15) is 11.4 Å². The van der Waals surface area contributed by atoms with Gasteiger partial charge in [-0.3, -0.25) is 0 Å². The van der Waals surface area contributed by atoms with Gasteiger partial charge in [-0.1, -0.05) is 44.7 Å². The first-order chi connectivity index (χ1) is 10.3. The largest absolute Gasteiger partial charge is 0.494 e. The molecule has 3 heteroatoms. The van der Waals surface area contributed by atoms with Gasteiger partial charge < -0.3 is 9.47 Å². The predicted molar refractivity (Wildman–Crippen MR) is 93.0 cm³/mol. The lowest BCUT2D eigenvalue weighted by Gasteiger charge is -2.17. The topological polar surface area (TPSA) is 35.5 Å². The Bertz CT molecular complexity index is 453. The van der Waals surface area contributed by atoms with Crippen LogP contribution in [0.4, 0.5) is 0 Å². The molecule has 0 aliphatic carbocycles. The summed E-state index contributed by atoms with van der Waals surface area (Å²) >= 11 is 0. The van der Waals surface area contributed by atoms with Crippen molar-refractivity contribution in [1.82, 2.24) is 0 Å². The van der Waals surface area contributed by atoms with Gasteiger partial charge in [0.25, 0.3) is 0 Å². The maximum Gasteiger partial charge on any atom is 0.330 e. The second-order valence-electron chi connectivity index (χ2n) is 5.71. The van der Waals surface area contributed by atoms with Crippen molar-refractivity contribution < 1.29 is 14.3 Å². The molecule has 22 heavy (non-hydrogen) atoms. The Morgan fingerprint density at radius 2 is 1.77 bits per heavy atom. The highest BCUT2D eigenvalue weighted by Gasteiger charge is 2.12. The molecule has 0 heterocycles. The van der Waals surface area contributed by atoms with Crippen LogP contribution in [0, 0.1) is 0 Å². The van der Waals surface area contributed by atoms with Crippen LogP contribution in [-0.4, -0.2) is 18.2 Å². The molecule has 0 bridgehead atoms. The van der Waals surface area contributed by atoms with Crippen molar-refractivity contribution in [3.05, 3.63) is 49.1 Å². The monoisotopic (exact) mass is 304 g/mol. The number of rotatable bonds is 6. The molecular formula is C19H28O3. The molecule has 1 aromatic rings. The fourth-order valence-electron chi connectivity index (χ4n) is 1.38. The van der Waals surface area contributed by atoms with Crippen LogP contribution in [-0.2, 0) is 9.53 Å². The Morgan fingerprint density at radius 3 is 2.14 bits per heavy atom. The number of hydrogen-bond acceptors (Lipinski definition) is 3. The van der Waals surface area contributed by atoms with Crippen LogP contribution < -0.4 is 4.74 Å². The minimum Gasteiger partial charge on any atom is -0.494 e. The quantitative estimate of drug-likeness (QED) is 0.420. The van der Waals surface area contributed by atoms with Crippen molar-refractivity contribution in [2.24, 2.45) is 0 Å². The normalized spacial score (nSPS) is 10.0. The van der Waals surface area contributed by atoms with E-state index in [0.717, 1.165) is 30.4 Å². The van der Waals surface area contributed by atoms with Crippen molar-refractivity contribution in [2.45, 2.75) is 46.1 Å². The number of benzene rings is 1. The van der Waals surface area contributed by atoms with E-state index in [4.69, 9.17) is 9.47 Å². The summed E-state index contributed by atoms with van der Waals surface area (Å²) in [5, 5.41) is 0. The molecule has 1 aromatic carbocycles. The summed E-state index contributed by atoms with van der Waals surface area (Å²) < 4.78 is 10.3. The molecule has 1 rings (SSSR count). The average Bonchev–Trinajstić information content (AvgIpc) is 2.47. The third kappa shape index (κ3) is 10.7. The summed E-state index contributed by atoms with van der Waals surface area (Å²) in [6, 6.07) is 7.97. The number of carbonyl (C=O) groups excluding carboxylic acids is 1. The van der Waals surface area contributed by atoms with Crippen LogP contribution in [0.1, 0.15) is 46.1 Å². The highest BCUT2D eigenvalue weighted by Crippen LogP contribution is 2.13. The van der Waals surface area contributed by atoms with Crippen LogP contribution in [0.25, 0.3) is 6.08 Å². The van der Waals surface area contributed by atoms with Crippen LogP contribution in [0.2, 0.25) is 0 Å². The molecule has 0 aliphatic heterocycles. The van der Waals surface area contributed by atoms with Crippen LogP contribution in [0.5, 0.6) is 5.75 Å². The summed E-state index contributed by atoms with van der Waals surface area (Å²) in [5.74, 6) is 0.571. The lowest BCUT2D eigenvalue weighted by Crippen LogP contribution is -2.22. The van der Waals surface area contributed by atoms with Crippen molar-refractivity contribution in [1.29, 1.82) is 0 Å². The predicted octanol–water partition coefficient (Wildman–Crippen LogP) is 5.02. The minimum absolute atomic E-state index is 0.373. The number of esters is 1. The maximum absolute atomic E-state index is 10.5. The van der Waals surface area contributed by atoms with E-state index in [1.807, 2.05) is 51.1 Å². The first kappa shape index (κ1) is 20.0. The van der Waals surface area contributed by atoms with E-state index in [-0.39, 0.29) is 5.97 Å². The lowest BCUT2D eigenvalue weighted by molar-refractivity contribution is -0.148. The molecule has 0 amide bonds. The maximum atomic E-state index is 10.5. The highest BCUT2D eigenvalue weighted by atomic mass is 16.6. The molecule has 0 aliphatic rings. The van der Waals surface area contributed by atoms with Gasteiger partial charge in [-0.15, -0.1) is 0 Å². The molecule has 0 radical (unpaired) electrons. The first-order valence-corrected chi connectivity index (χ1v) is 7.53. The van der Waals surface area contributed by atoms with Crippen molar-refractivity contribution in [2.75, 3.05) is 6.61 Å². The standard InChI is InChI=1S/C12H16O.C7H12O2/c1-3-5-10-13-12-8-6-11(4-2)7-9-12;1-5-6(8)9-7(2,3)4/h4,6-9H,2-3,5,10H2,1H3;5H,1H2,2-4H3. The molecule has 3 nitrogen and oxygen atoms in total. The summed E-state index contributed by atoms with van der Waals surface area (Å²) in [6.07, 6.45) is 5.27. The summed E-state index contributed by atoms with van der Waals surface area (Å²) in [4.78, 5) is 10.5. The third-order valence-electron chi connectivity index (χ3n) is 2.46. The van der Waals surface area contributed by atoms with Crippen molar-refractivity contribution in [3.63, 3.8) is 0 Å². The summed E-state index contributed by atoms with van der Waals surface area (Å²) in [7, 11) is 0. The Hall–Kier alpha value is -2.03. The number of unbranched alkanes of at least 4 members (excludes halogenated alkanes) is 1. The molecule has 0 atom stereocenters. The lowest BCUT2D eigenvalue weighted by atomic mass is 10.2. The van der Waals surface area contributed by atoms with Crippen molar-refractivity contribution in [3.8, 4) is 5.75 Å². The highest BCUT2D eigenvalue weighted by molar-refractivity contribution is 5.81. The minimum atomic E-state index is -0.398. The van der Waals surface area contributed by atoms with Gasteiger partial charge in [-0.25, -0.2) is 4.79 Å². The average molecular weight is 304 g/mol. The van der Waals surface area contributed by atoms with Crippen molar-refractivity contribution >= 4 is 12.0 Å². The van der Waals surface area contributed by atoms with Crippen LogP contribution >= 0.6 is 0 Å². The van der Waals surface area contributed by atoms with E-state index in [1.54, 1.807) is 0 Å². The summed E-state index contributed by atoms with van der Waals surface area (Å²) in [5.41, 5.74) is 0.730. The Balaban J connectivity index is 0.000000433. The van der Waals surface area contributed by atoms with E-state index < -0.39 is 5.60 Å². The van der Waals surface area contributed by atoms with E-state index in [1.165, 1.54) is 6.42 Å². The van der Waals surface area contributed by atoms with E-state index >= 15 is 0 Å².